The van der Waals surface area contributed by atoms with Crippen LogP contribution in [0.5, 0.6) is 0 Å². The summed E-state index contributed by atoms with van der Waals surface area (Å²) in [5, 5.41) is 0. The predicted octanol–water partition coefficient (Wildman–Crippen LogP) is -0.232. The molecule has 3 rings (SSSR count). The molecule has 0 N–H and O–H groups in total. The minimum absolute atomic E-state index is 0.409. The van der Waals surface area contributed by atoms with E-state index in [0.717, 1.165) is 34.6 Å². The van der Waals surface area contributed by atoms with Crippen LogP contribution in [0, 0.1) is 0 Å². The number of carbonyl (C=O) groups is 6. The van der Waals surface area contributed by atoms with E-state index in [2.05, 4.69) is 4.89 Å². The topological polar surface area (TPSA) is 195 Å². The van der Waals surface area contributed by atoms with Crippen molar-refractivity contribution < 1.29 is 76.4 Å². The summed E-state index contributed by atoms with van der Waals surface area (Å²) >= 11 is 0. The number of ether oxygens (including phenoxy) is 8. The number of carbonyl (C=O) groups excluding carboxylic acids is 6. The Morgan fingerprint density at radius 3 is 1.35 bits per heavy atom. The lowest BCUT2D eigenvalue weighted by atomic mass is 9.98. The lowest BCUT2D eigenvalue weighted by Gasteiger charge is -2.46. The lowest BCUT2D eigenvalue weighted by Crippen LogP contribution is -2.65. The van der Waals surface area contributed by atoms with Gasteiger partial charge in [-0.25, -0.2) is 4.79 Å². The third-order valence-corrected chi connectivity index (χ3v) is 5.98. The van der Waals surface area contributed by atoms with Crippen LogP contribution in [-0.4, -0.2) is 97.2 Å². The Morgan fingerprint density at radius 2 is 0.875 bits per heavy atom. The minimum Gasteiger partial charge on any atom is -0.456 e. The van der Waals surface area contributed by atoms with Crippen molar-refractivity contribution in [3.63, 3.8) is 0 Å². The monoisotopic (exact) mass is 576 g/mol. The quantitative estimate of drug-likeness (QED) is 0.151. The Morgan fingerprint density at radius 1 is 0.475 bits per heavy atom. The van der Waals surface area contributed by atoms with Gasteiger partial charge < -0.3 is 37.9 Å². The second kappa shape index (κ2) is 13.3. The molecule has 0 aromatic carbocycles. The van der Waals surface area contributed by atoms with E-state index in [0.29, 0.717) is 12.8 Å². The largest absolute Gasteiger partial charge is 0.456 e. The number of fused-ring (bicyclic) bond motifs is 2. The molecule has 0 aromatic heterocycles. The van der Waals surface area contributed by atoms with Crippen molar-refractivity contribution in [2.24, 2.45) is 0 Å². The fourth-order valence-electron chi connectivity index (χ4n) is 4.80. The lowest BCUT2D eigenvalue weighted by molar-refractivity contribution is -0.433. The fourth-order valence-corrected chi connectivity index (χ4v) is 4.80. The first-order valence-corrected chi connectivity index (χ1v) is 12.4. The molecule has 10 unspecified atom stereocenters. The second-order valence-electron chi connectivity index (χ2n) is 9.31. The second-order valence-corrected chi connectivity index (χ2v) is 9.31. The molecule has 0 radical (unpaired) electrons. The van der Waals surface area contributed by atoms with E-state index in [1.165, 1.54) is 6.92 Å². The van der Waals surface area contributed by atoms with Crippen molar-refractivity contribution >= 4 is 35.8 Å². The summed E-state index contributed by atoms with van der Waals surface area (Å²) < 4.78 is 44.7. The van der Waals surface area contributed by atoms with Gasteiger partial charge in [-0.1, -0.05) is 0 Å². The van der Waals surface area contributed by atoms with Crippen molar-refractivity contribution in [2.45, 2.75) is 116 Å². The third-order valence-electron chi connectivity index (χ3n) is 5.98. The minimum atomic E-state index is -1.74. The van der Waals surface area contributed by atoms with Gasteiger partial charge >= 0.3 is 35.8 Å². The fraction of sp³-hybridized carbons (Fsp3) is 0.750. The van der Waals surface area contributed by atoms with Gasteiger partial charge in [0.2, 0.25) is 12.6 Å². The molecule has 0 saturated carbocycles. The van der Waals surface area contributed by atoms with E-state index < -0.39 is 97.2 Å². The zero-order valence-electron chi connectivity index (χ0n) is 22.7. The van der Waals surface area contributed by atoms with Crippen LogP contribution in [0.25, 0.3) is 0 Å². The molecule has 3 fully saturated rings. The molecular formula is C24H32O16. The van der Waals surface area contributed by atoms with Gasteiger partial charge in [0.25, 0.3) is 0 Å². The number of hydrogen-bond donors (Lipinski definition) is 0. The zero-order chi connectivity index (χ0) is 29.7. The molecule has 3 heterocycles. The SMILES string of the molecule is CC(=O)OOC1OC(OC2C3CCC(O3)C(OC(C)=O)C2OC(C)=O)C(OC(C)=O)C(OC(C)=O)C1OC(C)=O. The van der Waals surface area contributed by atoms with Gasteiger partial charge in [-0.15, -0.1) is 4.89 Å². The van der Waals surface area contributed by atoms with Gasteiger partial charge in [0.1, 0.15) is 6.10 Å². The van der Waals surface area contributed by atoms with Crippen LogP contribution in [0.2, 0.25) is 0 Å². The van der Waals surface area contributed by atoms with Crippen LogP contribution in [0.1, 0.15) is 54.4 Å². The maximum atomic E-state index is 12.1. The van der Waals surface area contributed by atoms with Crippen LogP contribution in [0.3, 0.4) is 0 Å². The van der Waals surface area contributed by atoms with Crippen molar-refractivity contribution in [1.29, 1.82) is 0 Å². The van der Waals surface area contributed by atoms with Gasteiger partial charge in [0.15, 0.2) is 30.5 Å². The molecule has 3 aliphatic heterocycles. The van der Waals surface area contributed by atoms with Gasteiger partial charge in [-0.3, -0.25) is 28.9 Å². The molecule has 10 atom stereocenters. The molecule has 16 heteroatoms. The summed E-state index contributed by atoms with van der Waals surface area (Å²) in [5.74, 6) is -4.84. The predicted molar refractivity (Wildman–Crippen MR) is 122 cm³/mol. The molecule has 2 bridgehead atoms. The molecule has 16 nitrogen and oxygen atoms in total. The summed E-state index contributed by atoms with van der Waals surface area (Å²) in [5.41, 5.74) is 0. The maximum absolute atomic E-state index is 12.1. The van der Waals surface area contributed by atoms with E-state index >= 15 is 0 Å². The average molecular weight is 577 g/mol. The molecule has 3 aliphatic rings. The summed E-state index contributed by atoms with van der Waals surface area (Å²) in [6.07, 6.45) is -12.0. The number of rotatable bonds is 9. The van der Waals surface area contributed by atoms with Crippen molar-refractivity contribution in [2.75, 3.05) is 0 Å². The van der Waals surface area contributed by atoms with E-state index in [1.807, 2.05) is 0 Å². The number of hydrogen-bond acceptors (Lipinski definition) is 16. The van der Waals surface area contributed by atoms with Crippen LogP contribution < -0.4 is 0 Å². The Bertz CT molecular complexity index is 995. The molecule has 0 aliphatic carbocycles. The van der Waals surface area contributed by atoms with Crippen LogP contribution in [-0.2, 0) is 76.4 Å². The first kappa shape index (κ1) is 31.2. The summed E-state index contributed by atoms with van der Waals surface area (Å²) in [7, 11) is 0. The number of esters is 5. The van der Waals surface area contributed by atoms with Crippen LogP contribution in [0.15, 0.2) is 0 Å². The highest BCUT2D eigenvalue weighted by Crippen LogP contribution is 2.40. The maximum Gasteiger partial charge on any atom is 0.339 e. The Kier molecular flexibility index (Phi) is 10.4. The van der Waals surface area contributed by atoms with Gasteiger partial charge in [-0.05, 0) is 12.8 Å². The smallest absolute Gasteiger partial charge is 0.339 e. The molecule has 224 valence electrons. The molecule has 40 heavy (non-hydrogen) atoms. The highest BCUT2D eigenvalue weighted by molar-refractivity contribution is 5.69. The summed E-state index contributed by atoms with van der Waals surface area (Å²) in [6, 6.07) is 0. The molecular weight excluding hydrogens is 544 g/mol. The molecule has 0 spiro atoms. The standard InChI is InChI=1S/C24H32O16/c1-9(25)31-17-15-7-8-16(36-15)18(19(17)32-10(2)26)37-23-21(34-12(4)28)20(33-11(3)27)22(35-13(5)29)24(38-23)40-39-14(6)30/h15-24H,7-8H2,1-6H3. The Labute approximate surface area is 228 Å². The molecule has 0 amide bonds. The first-order valence-electron chi connectivity index (χ1n) is 12.4. The van der Waals surface area contributed by atoms with E-state index in [4.69, 9.17) is 42.8 Å². The normalized spacial score (nSPS) is 34.6. The third kappa shape index (κ3) is 7.87. The van der Waals surface area contributed by atoms with Crippen LogP contribution in [0.4, 0.5) is 0 Å². The first-order chi connectivity index (χ1) is 18.8. The van der Waals surface area contributed by atoms with Gasteiger partial charge in [0.05, 0.1) is 12.2 Å². The van der Waals surface area contributed by atoms with E-state index in [9.17, 15) is 28.8 Å². The molecule has 3 saturated heterocycles. The Balaban J connectivity index is 2.02. The van der Waals surface area contributed by atoms with Crippen molar-refractivity contribution in [3.8, 4) is 0 Å². The van der Waals surface area contributed by atoms with Gasteiger partial charge in [-0.2, -0.15) is 0 Å². The van der Waals surface area contributed by atoms with Crippen molar-refractivity contribution in [3.05, 3.63) is 0 Å². The Hall–Kier alpha value is -3.34. The zero-order valence-corrected chi connectivity index (χ0v) is 22.7. The van der Waals surface area contributed by atoms with E-state index in [-0.39, 0.29) is 0 Å². The summed E-state index contributed by atoms with van der Waals surface area (Å²) in [4.78, 5) is 80.9. The highest BCUT2D eigenvalue weighted by atomic mass is 17.2. The summed E-state index contributed by atoms with van der Waals surface area (Å²) in [6.45, 7) is 6.52. The van der Waals surface area contributed by atoms with Crippen LogP contribution >= 0.6 is 0 Å². The average Bonchev–Trinajstić information content (AvgIpc) is 3.26. The van der Waals surface area contributed by atoms with E-state index in [1.54, 1.807) is 0 Å². The highest BCUT2D eigenvalue weighted by Gasteiger charge is 2.59. The molecule has 0 aromatic rings. The van der Waals surface area contributed by atoms with Gasteiger partial charge in [0, 0.05) is 41.5 Å². The van der Waals surface area contributed by atoms with Crippen molar-refractivity contribution in [1.82, 2.24) is 0 Å².